The first-order chi connectivity index (χ1) is 18.0. The lowest BCUT2D eigenvalue weighted by molar-refractivity contribution is -0.384. The number of carbonyl (C=O) groups excluding carboxylic acids is 2. The maximum atomic E-state index is 13.8. The normalized spacial score (nSPS) is 22.3. The molecule has 0 radical (unpaired) electrons. The molecule has 10 nitrogen and oxygen atoms in total. The third-order valence-electron chi connectivity index (χ3n) is 7.75. The molecule has 0 spiro atoms. The molecule has 2 fully saturated rings. The molecule has 3 aliphatic heterocycles. The number of piperazine rings is 1. The first-order valence-corrected chi connectivity index (χ1v) is 12.7. The fraction of sp³-hybridized carbons (Fsp3) is 0.407. The molecule has 3 aliphatic rings. The maximum absolute atomic E-state index is 13.8. The van der Waals surface area contributed by atoms with Crippen LogP contribution in [0.2, 0.25) is 0 Å². The zero-order valence-corrected chi connectivity index (χ0v) is 20.5. The van der Waals surface area contributed by atoms with Gasteiger partial charge in [-0.1, -0.05) is 30.3 Å². The molecule has 2 saturated heterocycles. The number of rotatable bonds is 6. The van der Waals surface area contributed by atoms with Crippen molar-refractivity contribution in [2.45, 2.75) is 24.9 Å². The van der Waals surface area contributed by atoms with Crippen LogP contribution in [0.5, 0.6) is 0 Å². The number of ether oxygens (including phenoxy) is 1. The highest BCUT2D eigenvalue weighted by molar-refractivity contribution is 5.97. The first-order valence-electron chi connectivity index (χ1n) is 12.7. The second-order valence-corrected chi connectivity index (χ2v) is 9.91. The van der Waals surface area contributed by atoms with Crippen LogP contribution in [-0.4, -0.2) is 88.4 Å². The number of non-ortho nitro benzene ring substituents is 1. The second kappa shape index (κ2) is 9.60. The highest BCUT2D eigenvalue weighted by Crippen LogP contribution is 2.43. The summed E-state index contributed by atoms with van der Waals surface area (Å²) in [6, 6.07) is 13.0. The Morgan fingerprint density at radius 3 is 2.68 bits per heavy atom. The minimum absolute atomic E-state index is 0.0133. The molecule has 192 valence electrons. The highest BCUT2D eigenvalue weighted by Gasteiger charge is 2.48. The van der Waals surface area contributed by atoms with Crippen molar-refractivity contribution < 1.29 is 19.2 Å². The van der Waals surface area contributed by atoms with Crippen molar-refractivity contribution >= 4 is 28.4 Å². The van der Waals surface area contributed by atoms with Crippen molar-refractivity contribution in [1.29, 1.82) is 0 Å². The van der Waals surface area contributed by atoms with Gasteiger partial charge in [-0.25, -0.2) is 0 Å². The van der Waals surface area contributed by atoms with E-state index in [1.807, 2.05) is 24.3 Å². The van der Waals surface area contributed by atoms with Gasteiger partial charge in [0, 0.05) is 61.3 Å². The lowest BCUT2D eigenvalue weighted by Gasteiger charge is -2.47. The number of morpholine rings is 1. The number of hydrogen-bond acceptors (Lipinski definition) is 6. The number of H-pyrrole nitrogens is 1. The van der Waals surface area contributed by atoms with Crippen LogP contribution in [0.1, 0.15) is 29.3 Å². The maximum Gasteiger partial charge on any atom is 0.269 e. The van der Waals surface area contributed by atoms with Gasteiger partial charge in [-0.15, -0.1) is 0 Å². The number of aromatic amines is 1. The first kappa shape index (κ1) is 23.6. The Balaban J connectivity index is 1.34. The molecule has 37 heavy (non-hydrogen) atoms. The quantitative estimate of drug-likeness (QED) is 0.409. The molecule has 2 aromatic carbocycles. The molecule has 2 amide bonds. The summed E-state index contributed by atoms with van der Waals surface area (Å²) in [5.74, 6) is -0.204. The molecular weight excluding hydrogens is 474 g/mol. The molecule has 1 aromatic heterocycles. The number of nitrogens with one attached hydrogen (secondary N) is 1. The second-order valence-electron chi connectivity index (χ2n) is 9.91. The summed E-state index contributed by atoms with van der Waals surface area (Å²) in [4.78, 5) is 47.6. The number of fused-ring (bicyclic) bond motifs is 4. The van der Waals surface area contributed by atoms with E-state index < -0.39 is 17.0 Å². The average molecular weight is 504 g/mol. The van der Waals surface area contributed by atoms with E-state index in [0.717, 1.165) is 61.4 Å². The van der Waals surface area contributed by atoms with E-state index in [-0.39, 0.29) is 24.0 Å². The van der Waals surface area contributed by atoms with Gasteiger partial charge >= 0.3 is 0 Å². The molecular formula is C27H29N5O5. The standard InChI is InChI=1S/C27H29N5O5/c33-24-17-30(10-4-9-29-11-13-37-14-12-29)27(34)23-16-21-20-7-1-2-8-22(20)28-25(21)26(31(23)24)18-5-3-6-19(15-18)32(35)36/h1-3,5-8,15,23,26,28H,4,9-14,16-17H2/t23-,26+/m0/s1. The van der Waals surface area contributed by atoms with Crippen molar-refractivity contribution in [1.82, 2.24) is 19.7 Å². The largest absolute Gasteiger partial charge is 0.379 e. The molecule has 1 N–H and O–H groups in total. The van der Waals surface area contributed by atoms with Crippen molar-refractivity contribution in [2.24, 2.45) is 0 Å². The van der Waals surface area contributed by atoms with Gasteiger partial charge in [0.05, 0.1) is 30.7 Å². The SMILES string of the molecule is O=C1[C@@H]2Cc3c([nH]c4ccccc34)[C@@H](c3cccc([N+](=O)[O-])c3)N2C(=O)CN1CCCN1CCOCC1. The zero-order chi connectivity index (χ0) is 25.5. The number of aromatic nitrogens is 1. The van der Waals surface area contributed by atoms with Crippen LogP contribution in [0, 0.1) is 10.1 Å². The van der Waals surface area contributed by atoms with Gasteiger partial charge in [0.1, 0.15) is 6.04 Å². The van der Waals surface area contributed by atoms with Gasteiger partial charge in [-0.2, -0.15) is 0 Å². The third kappa shape index (κ3) is 4.25. The van der Waals surface area contributed by atoms with Gasteiger partial charge in [-0.05, 0) is 23.6 Å². The Hall–Kier alpha value is -3.76. The molecule has 0 bridgehead atoms. The van der Waals surface area contributed by atoms with Gasteiger partial charge in [-0.3, -0.25) is 24.6 Å². The smallest absolute Gasteiger partial charge is 0.269 e. The van der Waals surface area contributed by atoms with Crippen LogP contribution < -0.4 is 0 Å². The average Bonchev–Trinajstić information content (AvgIpc) is 3.29. The van der Waals surface area contributed by atoms with Gasteiger partial charge in [0.2, 0.25) is 11.8 Å². The summed E-state index contributed by atoms with van der Waals surface area (Å²) < 4.78 is 5.41. The number of nitro benzene ring substituents is 1. The van der Waals surface area contributed by atoms with E-state index in [1.54, 1.807) is 21.9 Å². The van der Waals surface area contributed by atoms with Crippen LogP contribution in [0.4, 0.5) is 5.69 Å². The number of para-hydroxylation sites is 1. The van der Waals surface area contributed by atoms with Crippen LogP contribution in [-0.2, 0) is 20.7 Å². The fourth-order valence-electron chi connectivity index (χ4n) is 5.98. The Labute approximate surface area is 213 Å². The number of hydrogen-bond donors (Lipinski definition) is 1. The fourth-order valence-corrected chi connectivity index (χ4v) is 5.98. The number of carbonyl (C=O) groups is 2. The zero-order valence-electron chi connectivity index (χ0n) is 20.5. The number of amides is 2. The molecule has 4 heterocycles. The van der Waals surface area contributed by atoms with Gasteiger partial charge < -0.3 is 19.5 Å². The van der Waals surface area contributed by atoms with Crippen molar-refractivity contribution in [3.8, 4) is 0 Å². The number of benzene rings is 2. The van der Waals surface area contributed by atoms with Crippen molar-refractivity contribution in [3.05, 3.63) is 75.5 Å². The molecule has 3 aromatic rings. The third-order valence-corrected chi connectivity index (χ3v) is 7.75. The molecule has 0 unspecified atom stereocenters. The lowest BCUT2D eigenvalue weighted by atomic mass is 9.86. The molecule has 2 atom stereocenters. The summed E-state index contributed by atoms with van der Waals surface area (Å²) in [6.45, 7) is 4.62. The Morgan fingerprint density at radius 2 is 1.86 bits per heavy atom. The monoisotopic (exact) mass is 503 g/mol. The van der Waals surface area contributed by atoms with Crippen LogP contribution >= 0.6 is 0 Å². The summed E-state index contributed by atoms with van der Waals surface area (Å²) in [7, 11) is 0. The van der Waals surface area contributed by atoms with E-state index in [4.69, 9.17) is 4.74 Å². The van der Waals surface area contributed by atoms with E-state index in [9.17, 15) is 19.7 Å². The predicted octanol–water partition coefficient (Wildman–Crippen LogP) is 2.48. The summed E-state index contributed by atoms with van der Waals surface area (Å²) >= 11 is 0. The molecule has 10 heteroatoms. The number of nitro groups is 1. The summed E-state index contributed by atoms with van der Waals surface area (Å²) in [5, 5.41) is 12.5. The Morgan fingerprint density at radius 1 is 1.05 bits per heavy atom. The van der Waals surface area contributed by atoms with Crippen LogP contribution in [0.3, 0.4) is 0 Å². The number of nitrogens with zero attached hydrogens (tertiary/aromatic N) is 4. The molecule has 6 rings (SSSR count). The minimum atomic E-state index is -0.652. The minimum Gasteiger partial charge on any atom is -0.379 e. The van der Waals surface area contributed by atoms with E-state index in [0.29, 0.717) is 18.5 Å². The molecule has 0 saturated carbocycles. The Bertz CT molecular complexity index is 1360. The topological polar surface area (TPSA) is 112 Å². The predicted molar refractivity (Wildman–Crippen MR) is 136 cm³/mol. The Kier molecular flexibility index (Phi) is 6.13. The van der Waals surface area contributed by atoms with Crippen molar-refractivity contribution in [2.75, 3.05) is 45.9 Å². The van der Waals surface area contributed by atoms with E-state index in [2.05, 4.69) is 9.88 Å². The summed E-state index contributed by atoms with van der Waals surface area (Å²) in [6.07, 6.45) is 1.20. The van der Waals surface area contributed by atoms with Crippen LogP contribution in [0.25, 0.3) is 10.9 Å². The van der Waals surface area contributed by atoms with E-state index in [1.165, 1.54) is 12.1 Å². The van der Waals surface area contributed by atoms with Crippen LogP contribution in [0.15, 0.2) is 48.5 Å². The summed E-state index contributed by atoms with van der Waals surface area (Å²) in [5.41, 5.74) is 3.31. The van der Waals surface area contributed by atoms with Gasteiger partial charge in [0.25, 0.3) is 5.69 Å². The van der Waals surface area contributed by atoms with Gasteiger partial charge in [0.15, 0.2) is 0 Å². The molecule has 0 aliphatic carbocycles. The van der Waals surface area contributed by atoms with E-state index >= 15 is 0 Å². The van der Waals surface area contributed by atoms with Crippen molar-refractivity contribution in [3.63, 3.8) is 0 Å². The highest BCUT2D eigenvalue weighted by atomic mass is 16.6. The lowest BCUT2D eigenvalue weighted by Crippen LogP contribution is -2.63.